The molecule has 22 heavy (non-hydrogen) atoms. The second-order valence-electron chi connectivity index (χ2n) is 5.73. The Labute approximate surface area is 134 Å². The number of carboxylic acids is 1. The first-order valence-electron chi connectivity index (χ1n) is 7.34. The molecule has 0 saturated carbocycles. The maximum Gasteiger partial charge on any atom is 0.308 e. The van der Waals surface area contributed by atoms with Gasteiger partial charge >= 0.3 is 5.97 Å². The molecule has 1 N–H and O–H groups in total. The molecular formula is C16H20ClNO4. The number of rotatable bonds is 5. The van der Waals surface area contributed by atoms with Crippen molar-refractivity contribution < 1.29 is 19.4 Å². The molecule has 0 bridgehead atoms. The number of piperidine rings is 1. The van der Waals surface area contributed by atoms with Crippen LogP contribution in [0, 0.1) is 11.8 Å². The van der Waals surface area contributed by atoms with E-state index in [4.69, 9.17) is 21.4 Å². The van der Waals surface area contributed by atoms with E-state index < -0.39 is 11.9 Å². The van der Waals surface area contributed by atoms with Gasteiger partial charge < -0.3 is 14.7 Å². The molecule has 1 aromatic carbocycles. The smallest absolute Gasteiger partial charge is 0.308 e. The lowest BCUT2D eigenvalue weighted by molar-refractivity contribution is -0.147. The zero-order valence-electron chi connectivity index (χ0n) is 12.5. The number of hydrogen-bond acceptors (Lipinski definition) is 3. The van der Waals surface area contributed by atoms with Crippen molar-refractivity contribution in [2.24, 2.45) is 11.8 Å². The number of carbonyl (C=O) groups is 2. The van der Waals surface area contributed by atoms with Crippen molar-refractivity contribution in [3.05, 3.63) is 29.3 Å². The number of ether oxygens (including phenoxy) is 1. The molecule has 1 amide bonds. The van der Waals surface area contributed by atoms with Crippen LogP contribution in [0.1, 0.15) is 19.8 Å². The Hall–Kier alpha value is -1.75. The molecule has 2 unspecified atom stereocenters. The summed E-state index contributed by atoms with van der Waals surface area (Å²) in [5.41, 5.74) is 0. The molecule has 1 aliphatic heterocycles. The van der Waals surface area contributed by atoms with Crippen LogP contribution >= 0.6 is 11.6 Å². The number of benzene rings is 1. The summed E-state index contributed by atoms with van der Waals surface area (Å²) in [4.78, 5) is 24.9. The third-order valence-electron chi connectivity index (χ3n) is 3.76. The highest BCUT2D eigenvalue weighted by Gasteiger charge is 2.31. The van der Waals surface area contributed by atoms with Crippen LogP contribution in [-0.4, -0.2) is 41.6 Å². The molecule has 1 saturated heterocycles. The third kappa shape index (κ3) is 4.63. The van der Waals surface area contributed by atoms with Crippen LogP contribution in [0.15, 0.2) is 24.3 Å². The fourth-order valence-electron chi connectivity index (χ4n) is 2.68. The van der Waals surface area contributed by atoms with Gasteiger partial charge in [0.15, 0.2) is 0 Å². The fraction of sp³-hybridized carbons (Fsp3) is 0.500. The first kappa shape index (κ1) is 16.6. The zero-order valence-corrected chi connectivity index (χ0v) is 13.3. The number of likely N-dealkylation sites (tertiary alicyclic amines) is 1. The standard InChI is InChI=1S/C16H20ClNO4/c1-11-8-12(16(20)21)10-18(9-11)15(19)6-7-22-14-4-2-13(17)3-5-14/h2-5,11-12H,6-10H2,1H3,(H,20,21). The summed E-state index contributed by atoms with van der Waals surface area (Å²) in [6.07, 6.45) is 0.863. The molecule has 1 heterocycles. The van der Waals surface area contributed by atoms with E-state index in [1.165, 1.54) is 0 Å². The van der Waals surface area contributed by atoms with E-state index in [-0.39, 0.29) is 24.9 Å². The Kier molecular flexibility index (Phi) is 5.66. The van der Waals surface area contributed by atoms with Gasteiger partial charge in [-0.25, -0.2) is 0 Å². The zero-order chi connectivity index (χ0) is 16.1. The minimum absolute atomic E-state index is 0.0632. The number of hydrogen-bond donors (Lipinski definition) is 1. The number of amides is 1. The van der Waals surface area contributed by atoms with Gasteiger partial charge in [0.05, 0.1) is 18.9 Å². The molecule has 0 aliphatic carbocycles. The highest BCUT2D eigenvalue weighted by Crippen LogP contribution is 2.22. The Morgan fingerprint density at radius 2 is 2.00 bits per heavy atom. The lowest BCUT2D eigenvalue weighted by Gasteiger charge is -2.34. The van der Waals surface area contributed by atoms with E-state index in [0.717, 1.165) is 0 Å². The van der Waals surface area contributed by atoms with Crippen molar-refractivity contribution in [3.63, 3.8) is 0 Å². The van der Waals surface area contributed by atoms with Gasteiger partial charge in [0.25, 0.3) is 0 Å². The minimum Gasteiger partial charge on any atom is -0.493 e. The van der Waals surface area contributed by atoms with Gasteiger partial charge in [0.2, 0.25) is 5.91 Å². The normalized spacial score (nSPS) is 21.5. The Bertz CT molecular complexity index is 531. The van der Waals surface area contributed by atoms with Crippen LogP contribution in [-0.2, 0) is 9.59 Å². The second-order valence-corrected chi connectivity index (χ2v) is 6.16. The molecule has 1 aromatic rings. The largest absolute Gasteiger partial charge is 0.493 e. The molecule has 1 fully saturated rings. The van der Waals surface area contributed by atoms with Crippen LogP contribution in [0.3, 0.4) is 0 Å². The van der Waals surface area contributed by atoms with Crippen LogP contribution in [0.2, 0.25) is 5.02 Å². The highest BCUT2D eigenvalue weighted by molar-refractivity contribution is 6.30. The summed E-state index contributed by atoms with van der Waals surface area (Å²) in [6, 6.07) is 6.94. The lowest BCUT2D eigenvalue weighted by Crippen LogP contribution is -2.45. The number of nitrogens with zero attached hydrogens (tertiary/aromatic N) is 1. The van der Waals surface area contributed by atoms with E-state index in [0.29, 0.717) is 30.3 Å². The number of carbonyl (C=O) groups excluding carboxylic acids is 1. The van der Waals surface area contributed by atoms with Gasteiger partial charge in [0.1, 0.15) is 5.75 Å². The maximum absolute atomic E-state index is 12.2. The summed E-state index contributed by atoms with van der Waals surface area (Å²) in [5.74, 6) is -0.498. The van der Waals surface area contributed by atoms with Crippen molar-refractivity contribution in [2.45, 2.75) is 19.8 Å². The molecule has 0 spiro atoms. The number of carboxylic acid groups (broad SMARTS) is 1. The Balaban J connectivity index is 1.81. The highest BCUT2D eigenvalue weighted by atomic mass is 35.5. The molecular weight excluding hydrogens is 306 g/mol. The third-order valence-corrected chi connectivity index (χ3v) is 4.01. The van der Waals surface area contributed by atoms with Gasteiger partial charge in [-0.3, -0.25) is 9.59 Å². The predicted octanol–water partition coefficient (Wildman–Crippen LogP) is 2.68. The first-order chi connectivity index (χ1) is 10.5. The summed E-state index contributed by atoms with van der Waals surface area (Å²) in [6.45, 7) is 3.14. The molecule has 0 aromatic heterocycles. The summed E-state index contributed by atoms with van der Waals surface area (Å²) < 4.78 is 5.50. The van der Waals surface area contributed by atoms with Gasteiger partial charge in [-0.15, -0.1) is 0 Å². The van der Waals surface area contributed by atoms with Gasteiger partial charge in [-0.2, -0.15) is 0 Å². The van der Waals surface area contributed by atoms with Crippen molar-refractivity contribution >= 4 is 23.5 Å². The van der Waals surface area contributed by atoms with E-state index in [9.17, 15) is 9.59 Å². The van der Waals surface area contributed by atoms with Crippen LogP contribution in [0.5, 0.6) is 5.75 Å². The van der Waals surface area contributed by atoms with Crippen LogP contribution < -0.4 is 4.74 Å². The first-order valence-corrected chi connectivity index (χ1v) is 7.72. The van der Waals surface area contributed by atoms with Gasteiger partial charge in [-0.1, -0.05) is 18.5 Å². The summed E-state index contributed by atoms with van der Waals surface area (Å²) >= 11 is 5.79. The fourth-order valence-corrected chi connectivity index (χ4v) is 2.81. The average Bonchev–Trinajstić information content (AvgIpc) is 2.48. The second kappa shape index (κ2) is 7.49. The quantitative estimate of drug-likeness (QED) is 0.903. The van der Waals surface area contributed by atoms with Crippen molar-refractivity contribution in [2.75, 3.05) is 19.7 Å². The average molecular weight is 326 g/mol. The van der Waals surface area contributed by atoms with E-state index in [2.05, 4.69) is 0 Å². The van der Waals surface area contributed by atoms with Crippen molar-refractivity contribution in [1.82, 2.24) is 4.90 Å². The molecule has 120 valence electrons. The predicted molar refractivity (Wildman–Crippen MR) is 83.1 cm³/mol. The summed E-state index contributed by atoms with van der Waals surface area (Å²) in [5, 5.41) is 9.76. The van der Waals surface area contributed by atoms with E-state index >= 15 is 0 Å². The van der Waals surface area contributed by atoms with Crippen LogP contribution in [0.4, 0.5) is 0 Å². The number of aliphatic carboxylic acids is 1. The van der Waals surface area contributed by atoms with E-state index in [1.807, 2.05) is 6.92 Å². The molecule has 2 rings (SSSR count). The van der Waals surface area contributed by atoms with Crippen molar-refractivity contribution in [3.8, 4) is 5.75 Å². The van der Waals surface area contributed by atoms with Gasteiger partial charge in [0, 0.05) is 18.1 Å². The minimum atomic E-state index is -0.832. The molecule has 5 nitrogen and oxygen atoms in total. The molecule has 0 radical (unpaired) electrons. The maximum atomic E-state index is 12.2. The molecule has 1 aliphatic rings. The molecule has 2 atom stereocenters. The van der Waals surface area contributed by atoms with Crippen LogP contribution in [0.25, 0.3) is 0 Å². The Morgan fingerprint density at radius 3 is 2.64 bits per heavy atom. The molecule has 6 heteroatoms. The lowest BCUT2D eigenvalue weighted by atomic mass is 9.90. The summed E-state index contributed by atoms with van der Waals surface area (Å²) in [7, 11) is 0. The number of halogens is 1. The monoisotopic (exact) mass is 325 g/mol. The SMILES string of the molecule is CC1CC(C(=O)O)CN(C(=O)CCOc2ccc(Cl)cc2)C1. The van der Waals surface area contributed by atoms with E-state index in [1.54, 1.807) is 29.2 Å². The topological polar surface area (TPSA) is 66.8 Å². The van der Waals surface area contributed by atoms with Crippen molar-refractivity contribution in [1.29, 1.82) is 0 Å². The van der Waals surface area contributed by atoms with Gasteiger partial charge in [-0.05, 0) is 36.6 Å². The Morgan fingerprint density at radius 1 is 1.32 bits per heavy atom.